The lowest BCUT2D eigenvalue weighted by atomic mass is 10.1. The number of methoxy groups -OCH3 is 1. The molecular weight excluding hydrogens is 477 g/mol. The maximum absolute atomic E-state index is 12.9. The van der Waals surface area contributed by atoms with Gasteiger partial charge >= 0.3 is 12.1 Å². The number of benzene rings is 2. The first kappa shape index (κ1) is 27.1. The van der Waals surface area contributed by atoms with Gasteiger partial charge in [0.1, 0.15) is 5.75 Å². The van der Waals surface area contributed by atoms with E-state index in [-0.39, 0.29) is 19.0 Å². The Balaban J connectivity index is 1.76. The Morgan fingerprint density at radius 3 is 2.39 bits per heavy atom. The van der Waals surface area contributed by atoms with Crippen molar-refractivity contribution in [2.24, 2.45) is 0 Å². The van der Waals surface area contributed by atoms with Crippen LogP contribution in [-0.4, -0.2) is 47.0 Å². The molecule has 10 heteroatoms. The van der Waals surface area contributed by atoms with Crippen LogP contribution in [0.25, 0.3) is 11.4 Å². The minimum absolute atomic E-state index is 0.00629. The summed E-state index contributed by atoms with van der Waals surface area (Å²) in [6.07, 6.45) is -2.51. The van der Waals surface area contributed by atoms with Crippen molar-refractivity contribution in [3.8, 4) is 17.1 Å². The fourth-order valence-electron chi connectivity index (χ4n) is 3.33. The quantitative estimate of drug-likeness (QED) is 0.389. The van der Waals surface area contributed by atoms with Crippen LogP contribution in [0.3, 0.4) is 0 Å². The molecule has 0 amide bonds. The molecule has 0 saturated heterocycles. The van der Waals surface area contributed by atoms with Crippen LogP contribution in [-0.2, 0) is 33.5 Å². The van der Waals surface area contributed by atoms with Gasteiger partial charge in [-0.15, -0.1) is 0 Å². The van der Waals surface area contributed by atoms with Gasteiger partial charge in [-0.3, -0.25) is 0 Å². The molecule has 7 nitrogen and oxygen atoms in total. The highest BCUT2D eigenvalue weighted by Gasteiger charge is 2.37. The molecule has 192 valence electrons. The Labute approximate surface area is 206 Å². The van der Waals surface area contributed by atoms with Crippen molar-refractivity contribution in [1.82, 2.24) is 9.97 Å². The molecule has 1 N–H and O–H groups in total. The van der Waals surface area contributed by atoms with Gasteiger partial charge in [-0.1, -0.05) is 30.3 Å². The second kappa shape index (κ2) is 11.5. The second-order valence-corrected chi connectivity index (χ2v) is 8.38. The number of aromatic nitrogens is 2. The average molecular weight is 505 g/mol. The molecular formula is C26H27F3N2O5. The summed E-state index contributed by atoms with van der Waals surface area (Å²) >= 11 is 0. The minimum atomic E-state index is -4.43. The minimum Gasteiger partial charge on any atom is -0.478 e. The monoisotopic (exact) mass is 504 g/mol. The number of hydrogen-bond donors (Lipinski definition) is 1. The molecule has 0 spiro atoms. The number of carboxylic acid groups (broad SMARTS) is 1. The Kier molecular flexibility index (Phi) is 8.65. The number of nitrogens with zero attached hydrogens (tertiary/aromatic N) is 2. The average Bonchev–Trinajstić information content (AvgIpc) is 2.84. The molecule has 1 unspecified atom stereocenters. The molecule has 36 heavy (non-hydrogen) atoms. The van der Waals surface area contributed by atoms with E-state index in [1.807, 2.05) is 19.1 Å². The second-order valence-electron chi connectivity index (χ2n) is 8.38. The standard InChI is InChI=1S/C26H27F3N2O5/c1-17-6-4-5-7-22(17)36-25(2,24(32)33)16-35-15-19-14-30-23(31-21(19)12-13-34-3)18-8-10-20(11-9-18)26(27,28)29/h4-11,14H,12-13,15-16H2,1-3H3,(H,32,33). The van der Waals surface area contributed by atoms with Gasteiger partial charge in [0.05, 0.1) is 31.1 Å². The summed E-state index contributed by atoms with van der Waals surface area (Å²) in [5.41, 5.74) is 0.00772. The fraction of sp³-hybridized carbons (Fsp3) is 0.346. The van der Waals surface area contributed by atoms with Gasteiger partial charge in [-0.2, -0.15) is 13.2 Å². The zero-order valence-electron chi connectivity index (χ0n) is 20.1. The van der Waals surface area contributed by atoms with Gasteiger partial charge in [0.2, 0.25) is 5.60 Å². The third-order valence-electron chi connectivity index (χ3n) is 5.48. The van der Waals surface area contributed by atoms with Crippen LogP contribution >= 0.6 is 0 Å². The summed E-state index contributed by atoms with van der Waals surface area (Å²) in [5.74, 6) is -0.480. The van der Waals surface area contributed by atoms with Crippen LogP contribution in [0.5, 0.6) is 5.75 Å². The maximum atomic E-state index is 12.9. The number of rotatable bonds is 11. The van der Waals surface area contributed by atoms with Gasteiger partial charge in [0.15, 0.2) is 5.82 Å². The van der Waals surface area contributed by atoms with Crippen LogP contribution < -0.4 is 4.74 Å². The normalized spacial score (nSPS) is 13.3. The molecule has 0 radical (unpaired) electrons. The lowest BCUT2D eigenvalue weighted by molar-refractivity contribution is -0.159. The smallest absolute Gasteiger partial charge is 0.416 e. The highest BCUT2D eigenvalue weighted by atomic mass is 19.4. The number of aliphatic carboxylic acids is 1. The maximum Gasteiger partial charge on any atom is 0.416 e. The van der Waals surface area contributed by atoms with Crippen molar-refractivity contribution in [3.05, 3.63) is 77.1 Å². The predicted octanol–water partition coefficient (Wildman–Crippen LogP) is 5.10. The number of hydrogen-bond acceptors (Lipinski definition) is 6. The van der Waals surface area contributed by atoms with Crippen LogP contribution in [0.4, 0.5) is 13.2 Å². The van der Waals surface area contributed by atoms with Gasteiger partial charge in [0, 0.05) is 30.9 Å². The summed E-state index contributed by atoms with van der Waals surface area (Å²) in [4.78, 5) is 20.7. The van der Waals surface area contributed by atoms with Crippen LogP contribution in [0, 0.1) is 6.92 Å². The molecule has 1 atom stereocenters. The van der Waals surface area contributed by atoms with Gasteiger partial charge < -0.3 is 19.3 Å². The lowest BCUT2D eigenvalue weighted by Gasteiger charge is -2.27. The summed E-state index contributed by atoms with van der Waals surface area (Å²) in [6.45, 7) is 3.35. The number of ether oxygens (including phenoxy) is 3. The van der Waals surface area contributed by atoms with Crippen molar-refractivity contribution in [1.29, 1.82) is 0 Å². The zero-order valence-corrected chi connectivity index (χ0v) is 20.1. The molecule has 2 aromatic carbocycles. The first-order chi connectivity index (χ1) is 17.0. The molecule has 0 saturated carbocycles. The highest BCUT2D eigenvalue weighted by molar-refractivity contribution is 5.77. The van der Waals surface area contributed by atoms with Gasteiger partial charge in [-0.05, 0) is 37.6 Å². The van der Waals surface area contributed by atoms with E-state index < -0.39 is 23.3 Å². The summed E-state index contributed by atoms with van der Waals surface area (Å²) < 4.78 is 55.3. The Morgan fingerprint density at radius 2 is 1.78 bits per heavy atom. The molecule has 3 rings (SSSR count). The first-order valence-corrected chi connectivity index (χ1v) is 11.1. The Bertz CT molecular complexity index is 1180. The SMILES string of the molecule is COCCc1nc(-c2ccc(C(F)(F)F)cc2)ncc1COCC(C)(Oc1ccccc1C)C(=O)O. The number of para-hydroxylation sites is 1. The van der Waals surface area contributed by atoms with Crippen molar-refractivity contribution in [2.45, 2.75) is 38.7 Å². The van der Waals surface area contributed by atoms with Crippen molar-refractivity contribution < 1.29 is 37.3 Å². The molecule has 0 aliphatic carbocycles. The number of carboxylic acids is 1. The summed E-state index contributed by atoms with van der Waals surface area (Å²) in [6, 6.07) is 11.7. The lowest BCUT2D eigenvalue weighted by Crippen LogP contribution is -2.46. The van der Waals surface area contributed by atoms with E-state index in [0.29, 0.717) is 35.6 Å². The Morgan fingerprint density at radius 1 is 1.08 bits per heavy atom. The van der Waals surface area contributed by atoms with Crippen molar-refractivity contribution in [3.63, 3.8) is 0 Å². The number of halogens is 3. The molecule has 1 aromatic heterocycles. The fourth-order valence-corrected chi connectivity index (χ4v) is 3.33. The van der Waals surface area contributed by atoms with E-state index >= 15 is 0 Å². The highest BCUT2D eigenvalue weighted by Crippen LogP contribution is 2.30. The van der Waals surface area contributed by atoms with Crippen molar-refractivity contribution >= 4 is 5.97 Å². The Hall–Kier alpha value is -3.50. The molecule has 0 fully saturated rings. The number of carbonyl (C=O) groups is 1. The first-order valence-electron chi connectivity index (χ1n) is 11.1. The molecule has 1 heterocycles. The third kappa shape index (κ3) is 6.79. The van der Waals surface area contributed by atoms with E-state index in [0.717, 1.165) is 17.7 Å². The van der Waals surface area contributed by atoms with E-state index in [2.05, 4.69) is 9.97 Å². The number of alkyl halides is 3. The van der Waals surface area contributed by atoms with Crippen LogP contribution in [0.2, 0.25) is 0 Å². The predicted molar refractivity (Wildman–Crippen MR) is 126 cm³/mol. The van der Waals surface area contributed by atoms with Gasteiger partial charge in [-0.25, -0.2) is 14.8 Å². The van der Waals surface area contributed by atoms with E-state index in [1.165, 1.54) is 32.4 Å². The largest absolute Gasteiger partial charge is 0.478 e. The summed E-state index contributed by atoms with van der Waals surface area (Å²) in [7, 11) is 1.54. The molecule has 0 aliphatic rings. The zero-order chi connectivity index (χ0) is 26.3. The molecule has 0 aliphatic heterocycles. The third-order valence-corrected chi connectivity index (χ3v) is 5.48. The van der Waals surface area contributed by atoms with Crippen LogP contribution in [0.1, 0.15) is 29.3 Å². The van der Waals surface area contributed by atoms with E-state index in [4.69, 9.17) is 14.2 Å². The van der Waals surface area contributed by atoms with E-state index in [1.54, 1.807) is 12.1 Å². The topological polar surface area (TPSA) is 90.8 Å². The summed E-state index contributed by atoms with van der Waals surface area (Å²) in [5, 5.41) is 9.77. The van der Waals surface area contributed by atoms with Crippen molar-refractivity contribution in [2.75, 3.05) is 20.3 Å². The molecule has 0 bridgehead atoms. The number of aryl methyl sites for hydroxylation is 1. The van der Waals surface area contributed by atoms with E-state index in [9.17, 15) is 23.1 Å². The molecule has 3 aromatic rings. The van der Waals surface area contributed by atoms with Crippen LogP contribution in [0.15, 0.2) is 54.7 Å². The van der Waals surface area contributed by atoms with Gasteiger partial charge in [0.25, 0.3) is 0 Å².